The van der Waals surface area contributed by atoms with Crippen LogP contribution in [-0.4, -0.2) is 57.9 Å². The molecule has 35 heavy (non-hydrogen) atoms. The predicted molar refractivity (Wildman–Crippen MR) is 138 cm³/mol. The van der Waals surface area contributed by atoms with Gasteiger partial charge in [-0.1, -0.05) is 12.1 Å². The average Bonchev–Trinajstić information content (AvgIpc) is 3.13. The van der Waals surface area contributed by atoms with Crippen molar-refractivity contribution in [3.63, 3.8) is 0 Å². The van der Waals surface area contributed by atoms with Gasteiger partial charge in [0.05, 0.1) is 17.7 Å². The standard InChI is InChI=1S/C28H37N5O2/c1-3-35-27-12-9-21-14-17-33(18-15-25(21)30-27)16-13-20-7-10-22(11-8-20)29-28(34)23-5-4-6-26-24(23)19-32(2)31-26/h4-6,9,12,19-20,22H,3,7-8,10-11,13-18H2,1-2H3,(H,29,34). The molecule has 0 radical (unpaired) electrons. The number of nitrogens with zero attached hydrogens (tertiary/aromatic N) is 4. The van der Waals surface area contributed by atoms with Crippen molar-refractivity contribution in [3.8, 4) is 5.88 Å². The summed E-state index contributed by atoms with van der Waals surface area (Å²) in [7, 11) is 1.89. The molecular weight excluding hydrogens is 438 g/mol. The van der Waals surface area contributed by atoms with E-state index in [1.807, 2.05) is 44.4 Å². The number of pyridine rings is 1. The Kier molecular flexibility index (Phi) is 7.32. The van der Waals surface area contributed by atoms with Gasteiger partial charge in [-0.25, -0.2) is 4.98 Å². The molecule has 3 heterocycles. The number of rotatable bonds is 7. The molecule has 186 valence electrons. The smallest absolute Gasteiger partial charge is 0.252 e. The predicted octanol–water partition coefficient (Wildman–Crippen LogP) is 4.15. The van der Waals surface area contributed by atoms with Crippen LogP contribution < -0.4 is 10.1 Å². The Bertz CT molecular complexity index is 1170. The average molecular weight is 476 g/mol. The molecule has 1 saturated carbocycles. The highest BCUT2D eigenvalue weighted by Crippen LogP contribution is 2.28. The maximum Gasteiger partial charge on any atom is 0.252 e. The van der Waals surface area contributed by atoms with Crippen LogP contribution in [0.3, 0.4) is 0 Å². The van der Waals surface area contributed by atoms with E-state index in [0.29, 0.717) is 6.61 Å². The normalized spacial score (nSPS) is 20.9. The number of hydrogen-bond donors (Lipinski definition) is 1. The van der Waals surface area contributed by atoms with Crippen LogP contribution in [0.15, 0.2) is 36.5 Å². The number of carbonyl (C=O) groups excluding carboxylic acids is 1. The van der Waals surface area contributed by atoms with Crippen molar-refractivity contribution in [2.24, 2.45) is 13.0 Å². The maximum absolute atomic E-state index is 13.0. The lowest BCUT2D eigenvalue weighted by atomic mass is 9.84. The Balaban J connectivity index is 1.07. The van der Waals surface area contributed by atoms with Crippen LogP contribution in [0.5, 0.6) is 5.88 Å². The maximum atomic E-state index is 13.0. The Labute approximate surface area is 207 Å². The minimum Gasteiger partial charge on any atom is -0.478 e. The van der Waals surface area contributed by atoms with E-state index in [0.717, 1.165) is 73.6 Å². The first-order chi connectivity index (χ1) is 17.1. The number of hydrogen-bond acceptors (Lipinski definition) is 5. The van der Waals surface area contributed by atoms with Crippen molar-refractivity contribution in [2.45, 2.75) is 57.9 Å². The third-order valence-corrected chi connectivity index (χ3v) is 7.64. The fraction of sp³-hybridized carbons (Fsp3) is 0.536. The van der Waals surface area contributed by atoms with Crippen molar-refractivity contribution in [1.29, 1.82) is 0 Å². The second kappa shape index (κ2) is 10.8. The SMILES string of the molecule is CCOc1ccc2c(n1)CCN(CCC1CCC(NC(=O)c3cccc4nn(C)cc34)CC1)CC2. The van der Waals surface area contributed by atoms with Crippen molar-refractivity contribution in [3.05, 3.63) is 53.3 Å². The van der Waals surface area contributed by atoms with E-state index >= 15 is 0 Å². The van der Waals surface area contributed by atoms with E-state index in [2.05, 4.69) is 21.4 Å². The highest BCUT2D eigenvalue weighted by molar-refractivity contribution is 6.06. The molecule has 5 rings (SSSR count). The third-order valence-electron chi connectivity index (χ3n) is 7.64. The molecule has 0 saturated heterocycles. The summed E-state index contributed by atoms with van der Waals surface area (Å²) in [5.74, 6) is 1.52. The number of aryl methyl sites for hydroxylation is 1. The van der Waals surface area contributed by atoms with Crippen molar-refractivity contribution < 1.29 is 9.53 Å². The number of amides is 1. The van der Waals surface area contributed by atoms with E-state index in [-0.39, 0.29) is 11.9 Å². The lowest BCUT2D eigenvalue weighted by Crippen LogP contribution is -2.38. The second-order valence-corrected chi connectivity index (χ2v) is 10.1. The molecule has 2 aromatic heterocycles. The van der Waals surface area contributed by atoms with E-state index in [1.54, 1.807) is 4.68 Å². The zero-order chi connectivity index (χ0) is 24.2. The van der Waals surface area contributed by atoms with E-state index in [4.69, 9.17) is 9.72 Å². The topological polar surface area (TPSA) is 72.3 Å². The lowest BCUT2D eigenvalue weighted by molar-refractivity contribution is 0.0921. The largest absolute Gasteiger partial charge is 0.478 e. The first kappa shape index (κ1) is 23.8. The van der Waals surface area contributed by atoms with Gasteiger partial charge in [-0.2, -0.15) is 5.10 Å². The van der Waals surface area contributed by atoms with Crippen LogP contribution in [0, 0.1) is 5.92 Å². The summed E-state index contributed by atoms with van der Waals surface area (Å²) >= 11 is 0. The van der Waals surface area contributed by atoms with Gasteiger partial charge in [0, 0.05) is 55.9 Å². The fourth-order valence-corrected chi connectivity index (χ4v) is 5.64. The number of nitrogens with one attached hydrogen (secondary N) is 1. The third kappa shape index (κ3) is 5.67. The number of aromatic nitrogens is 3. The number of benzene rings is 1. The Morgan fingerprint density at radius 1 is 1.11 bits per heavy atom. The zero-order valence-corrected chi connectivity index (χ0v) is 21.0. The first-order valence-electron chi connectivity index (χ1n) is 13.2. The summed E-state index contributed by atoms with van der Waals surface area (Å²) in [6.45, 7) is 5.98. The van der Waals surface area contributed by atoms with Gasteiger partial charge in [0.25, 0.3) is 5.91 Å². The van der Waals surface area contributed by atoms with Gasteiger partial charge in [0.2, 0.25) is 5.88 Å². The molecule has 0 unspecified atom stereocenters. The molecule has 2 aliphatic rings. The molecule has 1 aliphatic carbocycles. The Morgan fingerprint density at radius 3 is 2.77 bits per heavy atom. The minimum atomic E-state index is 0.0253. The highest BCUT2D eigenvalue weighted by atomic mass is 16.5. The summed E-state index contributed by atoms with van der Waals surface area (Å²) in [5.41, 5.74) is 4.17. The molecule has 0 atom stereocenters. The number of fused-ring (bicyclic) bond motifs is 2. The van der Waals surface area contributed by atoms with Gasteiger partial charge in [0.1, 0.15) is 0 Å². The minimum absolute atomic E-state index is 0.0253. The van der Waals surface area contributed by atoms with Crippen molar-refractivity contribution in [2.75, 3.05) is 26.2 Å². The van der Waals surface area contributed by atoms with Crippen molar-refractivity contribution >= 4 is 16.8 Å². The summed E-state index contributed by atoms with van der Waals surface area (Å²) in [6, 6.07) is 10.2. The number of carbonyl (C=O) groups is 1. The van der Waals surface area contributed by atoms with Gasteiger partial charge in [-0.15, -0.1) is 0 Å². The molecular formula is C28H37N5O2. The van der Waals surface area contributed by atoms with Crippen LogP contribution in [0.4, 0.5) is 0 Å². The summed E-state index contributed by atoms with van der Waals surface area (Å²) in [4.78, 5) is 20.3. The quantitative estimate of drug-likeness (QED) is 0.556. The molecule has 1 fully saturated rings. The fourth-order valence-electron chi connectivity index (χ4n) is 5.64. The molecule has 3 aromatic rings. The van der Waals surface area contributed by atoms with Gasteiger partial charge < -0.3 is 15.0 Å². The van der Waals surface area contributed by atoms with Crippen LogP contribution in [-0.2, 0) is 19.9 Å². The molecule has 0 bridgehead atoms. The van der Waals surface area contributed by atoms with Crippen LogP contribution >= 0.6 is 0 Å². The molecule has 7 heteroatoms. The van der Waals surface area contributed by atoms with Crippen LogP contribution in [0.2, 0.25) is 0 Å². The summed E-state index contributed by atoms with van der Waals surface area (Å²) in [5, 5.41) is 8.64. The summed E-state index contributed by atoms with van der Waals surface area (Å²) < 4.78 is 7.36. The van der Waals surface area contributed by atoms with Crippen LogP contribution in [0.25, 0.3) is 10.9 Å². The molecule has 1 aliphatic heterocycles. The second-order valence-electron chi connectivity index (χ2n) is 10.1. The molecule has 7 nitrogen and oxygen atoms in total. The lowest BCUT2D eigenvalue weighted by Gasteiger charge is -2.30. The van der Waals surface area contributed by atoms with Gasteiger partial charge in [-0.05, 0) is 75.6 Å². The summed E-state index contributed by atoms with van der Waals surface area (Å²) in [6.07, 6.45) is 9.74. The highest BCUT2D eigenvalue weighted by Gasteiger charge is 2.24. The van der Waals surface area contributed by atoms with E-state index in [1.165, 1.54) is 30.5 Å². The van der Waals surface area contributed by atoms with Gasteiger partial charge in [0.15, 0.2) is 0 Å². The Hall–Kier alpha value is -2.93. The molecule has 1 aromatic carbocycles. The monoisotopic (exact) mass is 475 g/mol. The molecule has 1 amide bonds. The van der Waals surface area contributed by atoms with Gasteiger partial charge >= 0.3 is 0 Å². The number of ether oxygens (including phenoxy) is 1. The molecule has 1 N–H and O–H groups in total. The van der Waals surface area contributed by atoms with Crippen LogP contribution in [0.1, 0.15) is 60.6 Å². The van der Waals surface area contributed by atoms with E-state index in [9.17, 15) is 4.79 Å². The van der Waals surface area contributed by atoms with Crippen molar-refractivity contribution in [1.82, 2.24) is 25.0 Å². The van der Waals surface area contributed by atoms with Gasteiger partial charge in [-0.3, -0.25) is 9.48 Å². The molecule has 0 spiro atoms. The first-order valence-corrected chi connectivity index (χ1v) is 13.2. The van der Waals surface area contributed by atoms with E-state index < -0.39 is 0 Å². The zero-order valence-electron chi connectivity index (χ0n) is 21.0. The Morgan fingerprint density at radius 2 is 1.94 bits per heavy atom.